The van der Waals surface area contributed by atoms with Gasteiger partial charge in [0.05, 0.1) is 23.2 Å². The molecule has 0 spiro atoms. The molecule has 9 heteroatoms. The first-order valence-corrected chi connectivity index (χ1v) is 5.12. The minimum atomic E-state index is -2.24. The fraction of sp³-hybridized carbons (Fsp3) is 0.182. The summed E-state index contributed by atoms with van der Waals surface area (Å²) in [5.74, 6) is -6.95. The molecular weight excluding hydrogens is 274 g/mol. The van der Waals surface area contributed by atoms with Gasteiger partial charge in [-0.15, -0.1) is 0 Å². The highest BCUT2D eigenvalue weighted by Crippen LogP contribution is 2.31. The van der Waals surface area contributed by atoms with Crippen LogP contribution in [-0.2, 0) is 14.3 Å². The molecule has 2 N–H and O–H groups in total. The van der Waals surface area contributed by atoms with Gasteiger partial charge in [0, 0.05) is 6.07 Å². The number of nitrogens with zero attached hydrogens (tertiary/aromatic N) is 1. The highest BCUT2D eigenvalue weighted by molar-refractivity contribution is 6.04. The third kappa shape index (κ3) is 2.71. The molecule has 0 aliphatic rings. The number of esters is 1. The molecule has 0 atom stereocenters. The molecule has 20 heavy (non-hydrogen) atoms. The first-order chi connectivity index (χ1) is 9.31. The Morgan fingerprint density at radius 2 is 1.80 bits per heavy atom. The fourth-order valence-corrected chi connectivity index (χ4v) is 1.66. The Kier molecular flexibility index (Phi) is 4.36. The minimum absolute atomic E-state index is 0.475. The Bertz CT molecular complexity index is 580. The topological polar surface area (TPSA) is 144 Å². The van der Waals surface area contributed by atoms with E-state index in [4.69, 9.17) is 10.2 Å². The molecule has 0 aliphatic heterocycles. The van der Waals surface area contributed by atoms with Crippen LogP contribution < -0.4 is 0 Å². The molecule has 0 unspecified atom stereocenters. The molecule has 0 saturated heterocycles. The Morgan fingerprint density at radius 1 is 1.25 bits per heavy atom. The van der Waals surface area contributed by atoms with Crippen LogP contribution in [0.15, 0.2) is 18.2 Å². The molecule has 0 aliphatic carbocycles. The Balaban J connectivity index is 3.69. The van der Waals surface area contributed by atoms with Crippen molar-refractivity contribution in [2.24, 2.45) is 0 Å². The lowest BCUT2D eigenvalue weighted by molar-refractivity contribution is -0.385. The van der Waals surface area contributed by atoms with Crippen LogP contribution in [0, 0.1) is 10.1 Å². The van der Waals surface area contributed by atoms with Crippen molar-refractivity contribution in [2.75, 3.05) is 7.11 Å². The third-order valence-corrected chi connectivity index (χ3v) is 2.47. The molecule has 0 fully saturated rings. The van der Waals surface area contributed by atoms with Gasteiger partial charge in [-0.2, -0.15) is 0 Å². The average Bonchev–Trinajstić information content (AvgIpc) is 2.36. The number of hydrogen-bond acceptors (Lipinski definition) is 6. The number of carboxylic acid groups (broad SMARTS) is 2. The monoisotopic (exact) mass is 283 g/mol. The zero-order valence-electron chi connectivity index (χ0n) is 10.1. The molecule has 0 aromatic heterocycles. The second-order valence-corrected chi connectivity index (χ2v) is 3.60. The van der Waals surface area contributed by atoms with Crippen LogP contribution in [0.25, 0.3) is 0 Å². The number of nitro benzene ring substituents is 1. The van der Waals surface area contributed by atoms with Gasteiger partial charge in [-0.05, 0) is 6.07 Å². The van der Waals surface area contributed by atoms with Crippen molar-refractivity contribution in [1.29, 1.82) is 0 Å². The summed E-state index contributed by atoms with van der Waals surface area (Å²) >= 11 is 0. The Labute approximate surface area is 111 Å². The summed E-state index contributed by atoms with van der Waals surface area (Å²) in [5.41, 5.74) is -1.97. The van der Waals surface area contributed by atoms with Gasteiger partial charge in [0.2, 0.25) is 0 Å². The SMILES string of the molecule is COC(=O)c1cccc([N+](=O)[O-])c1C(C(=O)O)C(=O)O. The van der Waals surface area contributed by atoms with Gasteiger partial charge in [-0.3, -0.25) is 19.7 Å². The van der Waals surface area contributed by atoms with Crippen LogP contribution in [0.2, 0.25) is 0 Å². The van der Waals surface area contributed by atoms with Gasteiger partial charge in [0.25, 0.3) is 5.69 Å². The number of carbonyl (C=O) groups excluding carboxylic acids is 1. The van der Waals surface area contributed by atoms with E-state index in [-0.39, 0.29) is 0 Å². The summed E-state index contributed by atoms with van der Waals surface area (Å²) in [4.78, 5) is 43.5. The molecule has 0 heterocycles. The van der Waals surface area contributed by atoms with Gasteiger partial charge < -0.3 is 14.9 Å². The number of carboxylic acids is 2. The van der Waals surface area contributed by atoms with E-state index in [2.05, 4.69) is 4.74 Å². The zero-order chi connectivity index (χ0) is 15.4. The number of carbonyl (C=O) groups is 3. The van der Waals surface area contributed by atoms with Crippen molar-refractivity contribution in [2.45, 2.75) is 5.92 Å². The van der Waals surface area contributed by atoms with Crippen molar-refractivity contribution in [1.82, 2.24) is 0 Å². The number of methoxy groups -OCH3 is 1. The average molecular weight is 283 g/mol. The minimum Gasteiger partial charge on any atom is -0.480 e. The second-order valence-electron chi connectivity index (χ2n) is 3.60. The third-order valence-electron chi connectivity index (χ3n) is 2.47. The molecule has 1 rings (SSSR count). The smallest absolute Gasteiger partial charge is 0.338 e. The van der Waals surface area contributed by atoms with E-state index in [1.54, 1.807) is 0 Å². The zero-order valence-corrected chi connectivity index (χ0v) is 10.1. The van der Waals surface area contributed by atoms with E-state index in [0.29, 0.717) is 0 Å². The van der Waals surface area contributed by atoms with E-state index in [1.807, 2.05) is 0 Å². The quantitative estimate of drug-likeness (QED) is 0.346. The van der Waals surface area contributed by atoms with Gasteiger partial charge in [0.15, 0.2) is 5.92 Å². The van der Waals surface area contributed by atoms with Crippen molar-refractivity contribution < 1.29 is 34.3 Å². The predicted octanol–water partition coefficient (Wildman–Crippen LogP) is 0.634. The normalized spacial score (nSPS) is 10.1. The van der Waals surface area contributed by atoms with Crippen LogP contribution >= 0.6 is 0 Å². The summed E-state index contributed by atoms with van der Waals surface area (Å²) in [7, 11) is 0.988. The molecule has 0 radical (unpaired) electrons. The van der Waals surface area contributed by atoms with Crippen molar-refractivity contribution in [3.63, 3.8) is 0 Å². The number of aliphatic carboxylic acids is 2. The highest BCUT2D eigenvalue weighted by Gasteiger charge is 2.38. The van der Waals surface area contributed by atoms with Gasteiger partial charge in [0.1, 0.15) is 0 Å². The van der Waals surface area contributed by atoms with E-state index in [0.717, 1.165) is 25.3 Å². The number of ether oxygens (including phenoxy) is 1. The van der Waals surface area contributed by atoms with Crippen molar-refractivity contribution in [3.05, 3.63) is 39.4 Å². The molecule has 1 aromatic rings. The first-order valence-electron chi connectivity index (χ1n) is 5.12. The Hall–Kier alpha value is -2.97. The first kappa shape index (κ1) is 15.1. The van der Waals surface area contributed by atoms with Gasteiger partial charge in [-0.1, -0.05) is 6.07 Å². The van der Waals surface area contributed by atoms with E-state index < -0.39 is 45.6 Å². The lowest BCUT2D eigenvalue weighted by Gasteiger charge is -2.12. The lowest BCUT2D eigenvalue weighted by atomic mass is 9.92. The van der Waals surface area contributed by atoms with Crippen molar-refractivity contribution in [3.8, 4) is 0 Å². The van der Waals surface area contributed by atoms with Gasteiger partial charge >= 0.3 is 17.9 Å². The fourth-order valence-electron chi connectivity index (χ4n) is 1.66. The van der Waals surface area contributed by atoms with Crippen LogP contribution in [0.5, 0.6) is 0 Å². The molecular formula is C11H9NO8. The number of rotatable bonds is 5. The largest absolute Gasteiger partial charge is 0.480 e. The van der Waals surface area contributed by atoms with Crippen LogP contribution in [0.1, 0.15) is 21.8 Å². The summed E-state index contributed by atoms with van der Waals surface area (Å²) in [6, 6.07) is 3.11. The Morgan fingerprint density at radius 3 is 2.20 bits per heavy atom. The van der Waals surface area contributed by atoms with E-state index in [1.165, 1.54) is 0 Å². The summed E-state index contributed by atoms with van der Waals surface area (Å²) in [6.45, 7) is 0. The number of hydrogen-bond donors (Lipinski definition) is 2. The summed E-state index contributed by atoms with van der Waals surface area (Å²) < 4.78 is 4.37. The molecule has 9 nitrogen and oxygen atoms in total. The molecule has 1 aromatic carbocycles. The molecule has 0 bridgehead atoms. The molecule has 106 valence electrons. The van der Waals surface area contributed by atoms with Crippen LogP contribution in [0.3, 0.4) is 0 Å². The summed E-state index contributed by atoms with van der Waals surface area (Å²) in [5, 5.41) is 28.8. The maximum Gasteiger partial charge on any atom is 0.338 e. The van der Waals surface area contributed by atoms with Crippen molar-refractivity contribution >= 4 is 23.6 Å². The molecule has 0 saturated carbocycles. The van der Waals surface area contributed by atoms with E-state index >= 15 is 0 Å². The predicted molar refractivity (Wildman–Crippen MR) is 62.4 cm³/mol. The standard InChI is InChI=1S/C11H9NO8/c1-20-11(17)5-3-2-4-6(12(18)19)7(5)8(9(13)14)10(15)16/h2-4,8H,1H3,(H,13,14)(H,15,16). The number of nitro groups is 1. The lowest BCUT2D eigenvalue weighted by Crippen LogP contribution is -2.25. The maximum absolute atomic E-state index is 11.5. The number of benzene rings is 1. The second kappa shape index (κ2) is 5.78. The summed E-state index contributed by atoms with van der Waals surface area (Å²) in [6.07, 6.45) is 0. The maximum atomic E-state index is 11.5. The van der Waals surface area contributed by atoms with E-state index in [9.17, 15) is 24.5 Å². The highest BCUT2D eigenvalue weighted by atomic mass is 16.6. The molecule has 0 amide bonds. The van der Waals surface area contributed by atoms with Gasteiger partial charge in [-0.25, -0.2) is 4.79 Å². The van der Waals surface area contributed by atoms with Crippen LogP contribution in [0.4, 0.5) is 5.69 Å². The van der Waals surface area contributed by atoms with Crippen LogP contribution in [-0.4, -0.2) is 40.2 Å².